The number of esters is 1. The van der Waals surface area contributed by atoms with Gasteiger partial charge in [0.2, 0.25) is 0 Å². The van der Waals surface area contributed by atoms with Crippen LogP contribution in [-0.4, -0.2) is 47.0 Å². The fourth-order valence-electron chi connectivity index (χ4n) is 4.50. The SMILES string of the molecule is CC[C@@]1(O)C(=O)OCc2c1cc1n(c2=O)Cc2c-1nc1ccccc1c2/C=N/OCCNC. The van der Waals surface area contributed by atoms with Crippen LogP contribution in [0.5, 0.6) is 0 Å². The minimum Gasteiger partial charge on any atom is -0.458 e. The van der Waals surface area contributed by atoms with Crippen LogP contribution in [0, 0.1) is 0 Å². The van der Waals surface area contributed by atoms with E-state index in [-0.39, 0.29) is 18.6 Å². The third kappa shape index (κ3) is 3.23. The molecule has 5 rings (SSSR count). The smallest absolute Gasteiger partial charge is 0.343 e. The Morgan fingerprint density at radius 3 is 2.94 bits per heavy atom. The normalized spacial score (nSPS) is 18.8. The van der Waals surface area contributed by atoms with Crippen molar-refractivity contribution in [2.24, 2.45) is 5.16 Å². The number of carbonyl (C=O) groups is 1. The number of hydrogen-bond acceptors (Lipinski definition) is 8. The van der Waals surface area contributed by atoms with Crippen molar-refractivity contribution in [3.8, 4) is 11.4 Å². The molecule has 0 aliphatic carbocycles. The summed E-state index contributed by atoms with van der Waals surface area (Å²) in [6.45, 7) is 2.91. The lowest BCUT2D eigenvalue weighted by atomic mass is 9.86. The molecule has 2 N–H and O–H groups in total. The molecule has 0 saturated carbocycles. The first-order valence-electron chi connectivity index (χ1n) is 10.9. The second kappa shape index (κ2) is 8.09. The minimum atomic E-state index is -1.85. The van der Waals surface area contributed by atoms with E-state index < -0.39 is 11.6 Å². The van der Waals surface area contributed by atoms with E-state index in [0.29, 0.717) is 42.2 Å². The number of carbonyl (C=O) groups excluding carboxylic acids is 1. The Morgan fingerprint density at radius 1 is 1.33 bits per heavy atom. The maximum absolute atomic E-state index is 13.4. The number of para-hydroxylation sites is 1. The van der Waals surface area contributed by atoms with Gasteiger partial charge in [0.15, 0.2) is 5.60 Å². The first-order chi connectivity index (χ1) is 16.0. The number of fused-ring (bicyclic) bond motifs is 5. The van der Waals surface area contributed by atoms with Crippen molar-refractivity contribution in [2.75, 3.05) is 20.2 Å². The lowest BCUT2D eigenvalue weighted by Gasteiger charge is -2.31. The van der Waals surface area contributed by atoms with Gasteiger partial charge >= 0.3 is 5.97 Å². The number of pyridine rings is 2. The zero-order valence-electron chi connectivity index (χ0n) is 18.4. The van der Waals surface area contributed by atoms with Gasteiger partial charge in [0.1, 0.15) is 13.2 Å². The van der Waals surface area contributed by atoms with Crippen LogP contribution in [-0.2, 0) is 33.1 Å². The van der Waals surface area contributed by atoms with Crippen LogP contribution in [0.15, 0.2) is 40.3 Å². The molecule has 0 saturated heterocycles. The number of rotatable bonds is 6. The van der Waals surface area contributed by atoms with Crippen LogP contribution in [0.2, 0.25) is 0 Å². The van der Waals surface area contributed by atoms with Crippen molar-refractivity contribution in [3.05, 3.63) is 62.9 Å². The van der Waals surface area contributed by atoms with E-state index >= 15 is 0 Å². The highest BCUT2D eigenvalue weighted by Gasteiger charge is 2.45. The number of aromatic nitrogens is 2. The van der Waals surface area contributed by atoms with Crippen molar-refractivity contribution < 1.29 is 19.5 Å². The first kappa shape index (κ1) is 21.3. The molecular weight excluding hydrogens is 424 g/mol. The second-order valence-electron chi connectivity index (χ2n) is 8.14. The molecular formula is C24H24N4O5. The highest BCUT2D eigenvalue weighted by molar-refractivity contribution is 6.02. The molecule has 0 bridgehead atoms. The molecule has 9 heteroatoms. The van der Waals surface area contributed by atoms with E-state index in [1.807, 2.05) is 31.3 Å². The summed E-state index contributed by atoms with van der Waals surface area (Å²) in [4.78, 5) is 35.9. The van der Waals surface area contributed by atoms with Gasteiger partial charge in [-0.2, -0.15) is 0 Å². The lowest BCUT2D eigenvalue weighted by molar-refractivity contribution is -0.172. The fourth-order valence-corrected chi connectivity index (χ4v) is 4.50. The zero-order valence-corrected chi connectivity index (χ0v) is 18.4. The van der Waals surface area contributed by atoms with Crippen LogP contribution in [0.1, 0.15) is 35.6 Å². The number of hydrogen-bond donors (Lipinski definition) is 2. The summed E-state index contributed by atoms with van der Waals surface area (Å²) in [5, 5.41) is 19.1. The largest absolute Gasteiger partial charge is 0.458 e. The molecule has 4 heterocycles. The Balaban J connectivity index is 1.70. The van der Waals surface area contributed by atoms with Crippen molar-refractivity contribution in [3.63, 3.8) is 0 Å². The molecule has 2 aliphatic rings. The van der Waals surface area contributed by atoms with Crippen LogP contribution >= 0.6 is 0 Å². The molecule has 9 nitrogen and oxygen atoms in total. The minimum absolute atomic E-state index is 0.0988. The highest BCUT2D eigenvalue weighted by atomic mass is 16.6. The summed E-state index contributed by atoms with van der Waals surface area (Å²) in [7, 11) is 1.84. The number of likely N-dealkylation sites (N-methyl/N-ethyl adjacent to an activating group) is 1. The van der Waals surface area contributed by atoms with Crippen molar-refractivity contribution in [2.45, 2.75) is 32.1 Å². The molecule has 0 radical (unpaired) electrons. The zero-order chi connectivity index (χ0) is 23.2. The van der Waals surface area contributed by atoms with E-state index in [1.54, 1.807) is 23.8 Å². The Labute approximate surface area is 189 Å². The summed E-state index contributed by atoms with van der Waals surface area (Å²) >= 11 is 0. The van der Waals surface area contributed by atoms with Crippen LogP contribution in [0.4, 0.5) is 0 Å². The molecule has 0 amide bonds. The molecule has 3 aromatic rings. The van der Waals surface area contributed by atoms with Gasteiger partial charge in [-0.15, -0.1) is 0 Å². The second-order valence-corrected chi connectivity index (χ2v) is 8.14. The molecule has 0 spiro atoms. The highest BCUT2D eigenvalue weighted by Crippen LogP contribution is 2.39. The molecule has 170 valence electrons. The number of benzene rings is 1. The van der Waals surface area contributed by atoms with Crippen molar-refractivity contribution in [1.29, 1.82) is 0 Å². The van der Waals surface area contributed by atoms with Crippen molar-refractivity contribution >= 4 is 23.1 Å². The Bertz CT molecular complexity index is 1360. The summed E-state index contributed by atoms with van der Waals surface area (Å²) < 4.78 is 6.75. The number of nitrogens with one attached hydrogen (secondary N) is 1. The standard InChI is InChI=1S/C24H24N4O5/c1-3-24(31)18-10-20-21-16(12-28(20)22(29)17(18)13-32-23(24)30)15(11-26-33-9-8-25-2)14-6-4-5-7-19(14)27-21/h4-7,10-11,25,31H,3,8-9,12-13H2,1-2H3/b26-11+/t24-/m0/s1. The number of cyclic esters (lactones) is 1. The molecule has 2 aliphatic heterocycles. The summed E-state index contributed by atoms with van der Waals surface area (Å²) in [6, 6.07) is 9.38. The topological polar surface area (TPSA) is 115 Å². The van der Waals surface area contributed by atoms with Gasteiger partial charge in [-0.3, -0.25) is 4.79 Å². The molecule has 1 atom stereocenters. The number of ether oxygens (including phenoxy) is 1. The van der Waals surface area contributed by atoms with Crippen molar-refractivity contribution in [1.82, 2.24) is 14.9 Å². The van der Waals surface area contributed by atoms with E-state index in [4.69, 9.17) is 14.6 Å². The summed E-state index contributed by atoms with van der Waals surface area (Å²) in [5.41, 5.74) is 2.04. The van der Waals surface area contributed by atoms with Crippen LogP contribution in [0.25, 0.3) is 22.3 Å². The summed E-state index contributed by atoms with van der Waals surface area (Å²) in [5.74, 6) is -0.738. The number of oxime groups is 1. The molecule has 33 heavy (non-hydrogen) atoms. The average Bonchev–Trinajstić information content (AvgIpc) is 3.20. The first-order valence-corrected chi connectivity index (χ1v) is 10.9. The van der Waals surface area contributed by atoms with E-state index in [2.05, 4.69) is 10.5 Å². The van der Waals surface area contributed by atoms with Gasteiger partial charge in [-0.1, -0.05) is 30.3 Å². The molecule has 2 aromatic heterocycles. The van der Waals surface area contributed by atoms with Gasteiger partial charge in [0.25, 0.3) is 5.56 Å². The molecule has 0 unspecified atom stereocenters. The molecule has 0 fully saturated rings. The van der Waals surface area contributed by atoms with Gasteiger partial charge in [-0.05, 0) is 25.6 Å². The average molecular weight is 448 g/mol. The number of aliphatic hydroxyl groups is 1. The Hall–Kier alpha value is -3.56. The lowest BCUT2D eigenvalue weighted by Crippen LogP contribution is -2.44. The number of nitrogens with zero attached hydrogens (tertiary/aromatic N) is 3. The van der Waals surface area contributed by atoms with Crippen LogP contribution in [0.3, 0.4) is 0 Å². The van der Waals surface area contributed by atoms with E-state index in [0.717, 1.165) is 22.0 Å². The molecule has 1 aromatic carbocycles. The van der Waals surface area contributed by atoms with E-state index in [1.165, 1.54) is 0 Å². The third-order valence-corrected chi connectivity index (χ3v) is 6.34. The summed E-state index contributed by atoms with van der Waals surface area (Å²) in [6.07, 6.45) is 1.76. The monoisotopic (exact) mass is 448 g/mol. The Kier molecular flexibility index (Phi) is 5.22. The fraction of sp³-hybridized carbons (Fsp3) is 0.333. The maximum atomic E-state index is 13.4. The van der Waals surface area contributed by atoms with Crippen LogP contribution < -0.4 is 10.9 Å². The van der Waals surface area contributed by atoms with Gasteiger partial charge in [0, 0.05) is 28.6 Å². The predicted octanol–water partition coefficient (Wildman–Crippen LogP) is 1.65. The van der Waals surface area contributed by atoms with Gasteiger partial charge < -0.3 is 24.6 Å². The van der Waals surface area contributed by atoms with Gasteiger partial charge in [-0.25, -0.2) is 9.78 Å². The third-order valence-electron chi connectivity index (χ3n) is 6.34. The Morgan fingerprint density at radius 2 is 2.15 bits per heavy atom. The quantitative estimate of drug-likeness (QED) is 0.199. The van der Waals surface area contributed by atoms with Gasteiger partial charge in [0.05, 0.1) is 35.2 Å². The van der Waals surface area contributed by atoms with E-state index in [9.17, 15) is 14.7 Å². The predicted molar refractivity (Wildman–Crippen MR) is 122 cm³/mol. The maximum Gasteiger partial charge on any atom is 0.343 e.